The van der Waals surface area contributed by atoms with E-state index in [0.29, 0.717) is 41.8 Å². The van der Waals surface area contributed by atoms with Crippen molar-refractivity contribution < 1.29 is 34.1 Å². The first-order valence-electron chi connectivity index (χ1n) is 11.9. The third-order valence-electron chi connectivity index (χ3n) is 6.20. The fraction of sp³-hybridized carbons (Fsp3) is 0.222. The Labute approximate surface area is 227 Å². The maximum atomic E-state index is 13.3. The maximum absolute atomic E-state index is 13.3. The van der Waals surface area contributed by atoms with Crippen molar-refractivity contribution in [1.82, 2.24) is 4.90 Å². The zero-order valence-corrected chi connectivity index (χ0v) is 21.5. The summed E-state index contributed by atoms with van der Waals surface area (Å²) >= 11 is 1.03. The van der Waals surface area contributed by atoms with E-state index in [-0.39, 0.29) is 23.3 Å². The molecule has 4 rings (SSSR count). The molecule has 0 radical (unpaired) electrons. The Bertz CT molecular complexity index is 1440. The molecule has 1 aromatic heterocycles. The molecular weight excluding hydrogens is 524 g/mol. The summed E-state index contributed by atoms with van der Waals surface area (Å²) in [6.07, 6.45) is 1.46. The first-order valence-corrected chi connectivity index (χ1v) is 12.8. The number of hydrogen-bond donors (Lipinski definition) is 4. The third kappa shape index (κ3) is 6.99. The van der Waals surface area contributed by atoms with Crippen LogP contribution in [0.15, 0.2) is 58.9 Å². The molecule has 1 atom stereocenters. The molecule has 202 valence electrons. The number of carbonyl (C=O) groups is 4. The molecule has 0 saturated carbocycles. The summed E-state index contributed by atoms with van der Waals surface area (Å²) in [5, 5.41) is 20.1. The molecule has 39 heavy (non-hydrogen) atoms. The summed E-state index contributed by atoms with van der Waals surface area (Å²) in [6, 6.07) is 13.0. The van der Waals surface area contributed by atoms with Crippen LogP contribution in [0, 0.1) is 5.92 Å². The minimum Gasteiger partial charge on any atom is -0.480 e. The highest BCUT2D eigenvalue weighted by Crippen LogP contribution is 2.31. The second-order valence-corrected chi connectivity index (χ2v) is 9.97. The van der Waals surface area contributed by atoms with Crippen LogP contribution in [0.4, 0.5) is 5.69 Å². The van der Waals surface area contributed by atoms with Crippen molar-refractivity contribution in [1.29, 1.82) is 0 Å². The molecule has 0 aliphatic heterocycles. The zero-order valence-electron chi connectivity index (χ0n) is 20.7. The number of carboxylic acids is 2. The van der Waals surface area contributed by atoms with Crippen molar-refractivity contribution in [3.8, 4) is 5.75 Å². The summed E-state index contributed by atoms with van der Waals surface area (Å²) in [6.45, 7) is -0.470. The average Bonchev–Trinajstić information content (AvgIpc) is 3.36. The van der Waals surface area contributed by atoms with Gasteiger partial charge in [0.2, 0.25) is 5.91 Å². The molecule has 1 aliphatic carbocycles. The van der Waals surface area contributed by atoms with Crippen molar-refractivity contribution in [3.05, 3.63) is 81.0 Å². The molecule has 12 heteroatoms. The third-order valence-corrected chi connectivity index (χ3v) is 7.17. The van der Waals surface area contributed by atoms with Crippen LogP contribution in [0.1, 0.15) is 43.1 Å². The number of rotatable bonds is 9. The van der Waals surface area contributed by atoms with Gasteiger partial charge in [-0.25, -0.2) is 14.6 Å². The Balaban J connectivity index is 1.42. The minimum atomic E-state index is -1.15. The number of carbonyl (C=O) groups excluding carboxylic acids is 2. The van der Waals surface area contributed by atoms with Gasteiger partial charge in [-0.05, 0) is 83.8 Å². The largest absolute Gasteiger partial charge is 0.480 e. The molecule has 1 aliphatic rings. The Morgan fingerprint density at radius 2 is 1.77 bits per heavy atom. The Kier molecular flexibility index (Phi) is 8.25. The van der Waals surface area contributed by atoms with E-state index in [9.17, 15) is 24.3 Å². The van der Waals surface area contributed by atoms with E-state index in [1.165, 1.54) is 11.0 Å². The number of nitrogens with two attached hydrogens (primary N) is 2. The summed E-state index contributed by atoms with van der Waals surface area (Å²) in [5.74, 6) is -3.20. The van der Waals surface area contributed by atoms with Crippen LogP contribution in [0.2, 0.25) is 0 Å². The van der Waals surface area contributed by atoms with Crippen molar-refractivity contribution in [2.45, 2.75) is 25.8 Å². The number of benzene rings is 2. The molecule has 0 spiro atoms. The second-order valence-electron chi connectivity index (χ2n) is 9.06. The zero-order chi connectivity index (χ0) is 28.1. The van der Waals surface area contributed by atoms with Crippen LogP contribution < -0.4 is 16.2 Å². The standard InChI is InChI=1S/C27H26N4O7S/c28-27(29)30-20-6-3-16(4-7-20)26(37)38-21-8-5-17-10-19(2-1-18(17)11-21)24(34)31(13-23(32)33)12-15-9-22(25(35)36)39-14-15/h3-9,11,14,19H,1-2,10,12-13H2,(H,32,33)(H,35,36)(H4,28,29,30)/t19-/m1/s1. The van der Waals surface area contributed by atoms with Crippen molar-refractivity contribution in [2.24, 2.45) is 22.4 Å². The van der Waals surface area contributed by atoms with Gasteiger partial charge in [-0.2, -0.15) is 0 Å². The van der Waals surface area contributed by atoms with E-state index < -0.39 is 30.4 Å². The molecular formula is C27H26N4O7S. The number of aliphatic carboxylic acids is 1. The lowest BCUT2D eigenvalue weighted by molar-refractivity contribution is -0.147. The van der Waals surface area contributed by atoms with E-state index in [4.69, 9.17) is 21.3 Å². The summed E-state index contributed by atoms with van der Waals surface area (Å²) in [5.41, 5.74) is 14.0. The van der Waals surface area contributed by atoms with Gasteiger partial charge in [0.1, 0.15) is 17.2 Å². The number of carboxylic acid groups (broad SMARTS) is 2. The Hall–Kier alpha value is -4.71. The SMILES string of the molecule is NC(N)=Nc1ccc(C(=O)Oc2ccc3c(c2)CC[C@@H](C(=O)N(CC(=O)O)Cc2csc(C(=O)O)c2)C3)cc1. The van der Waals surface area contributed by atoms with Gasteiger partial charge in [0.05, 0.1) is 11.3 Å². The number of aliphatic imine (C=N–C) groups is 1. The van der Waals surface area contributed by atoms with E-state index in [2.05, 4.69) is 4.99 Å². The number of nitrogens with zero attached hydrogens (tertiary/aromatic N) is 2. The van der Waals surface area contributed by atoms with Gasteiger partial charge in [0, 0.05) is 12.5 Å². The fourth-order valence-corrected chi connectivity index (χ4v) is 5.16. The fourth-order valence-electron chi connectivity index (χ4n) is 4.42. The number of thiophene rings is 1. The van der Waals surface area contributed by atoms with Gasteiger partial charge in [-0.15, -0.1) is 11.3 Å². The highest BCUT2D eigenvalue weighted by molar-refractivity contribution is 7.12. The number of guanidine groups is 1. The molecule has 6 N–H and O–H groups in total. The normalized spacial score (nSPS) is 14.1. The molecule has 1 heterocycles. The van der Waals surface area contributed by atoms with E-state index >= 15 is 0 Å². The molecule has 0 fully saturated rings. The number of amides is 1. The summed E-state index contributed by atoms with van der Waals surface area (Å²) in [4.78, 5) is 53.8. The predicted octanol–water partition coefficient (Wildman–Crippen LogP) is 2.79. The quantitative estimate of drug-likeness (QED) is 0.134. The van der Waals surface area contributed by atoms with Gasteiger partial charge < -0.3 is 31.3 Å². The van der Waals surface area contributed by atoms with Crippen molar-refractivity contribution >= 4 is 46.8 Å². The van der Waals surface area contributed by atoms with Crippen LogP contribution in [0.3, 0.4) is 0 Å². The number of fused-ring (bicyclic) bond motifs is 1. The molecule has 3 aromatic rings. The maximum Gasteiger partial charge on any atom is 0.345 e. The van der Waals surface area contributed by atoms with E-state index in [1.807, 2.05) is 0 Å². The van der Waals surface area contributed by atoms with Gasteiger partial charge in [0.25, 0.3) is 0 Å². The predicted molar refractivity (Wildman–Crippen MR) is 143 cm³/mol. The molecule has 2 aromatic carbocycles. The molecule has 1 amide bonds. The van der Waals surface area contributed by atoms with Crippen LogP contribution in [0.25, 0.3) is 0 Å². The number of aromatic carboxylic acids is 1. The topological polar surface area (TPSA) is 186 Å². The van der Waals surface area contributed by atoms with Crippen molar-refractivity contribution in [2.75, 3.05) is 6.54 Å². The van der Waals surface area contributed by atoms with Crippen LogP contribution in [0.5, 0.6) is 5.75 Å². The Morgan fingerprint density at radius 1 is 1.03 bits per heavy atom. The van der Waals surface area contributed by atoms with Gasteiger partial charge in [-0.3, -0.25) is 9.59 Å². The lowest BCUT2D eigenvalue weighted by atomic mass is 9.83. The molecule has 11 nitrogen and oxygen atoms in total. The number of aryl methyl sites for hydroxylation is 1. The monoisotopic (exact) mass is 550 g/mol. The number of ether oxygens (including phenoxy) is 1. The van der Waals surface area contributed by atoms with Crippen LogP contribution >= 0.6 is 11.3 Å². The highest BCUT2D eigenvalue weighted by atomic mass is 32.1. The summed E-state index contributed by atoms with van der Waals surface area (Å²) in [7, 11) is 0. The minimum absolute atomic E-state index is 0.0140. The smallest absolute Gasteiger partial charge is 0.345 e. The molecule has 0 saturated heterocycles. The van der Waals surface area contributed by atoms with Gasteiger partial charge >= 0.3 is 17.9 Å². The Morgan fingerprint density at radius 3 is 2.41 bits per heavy atom. The van der Waals surface area contributed by atoms with Crippen molar-refractivity contribution in [3.63, 3.8) is 0 Å². The van der Waals surface area contributed by atoms with Crippen LogP contribution in [-0.4, -0.2) is 51.4 Å². The lowest BCUT2D eigenvalue weighted by Crippen LogP contribution is -2.40. The van der Waals surface area contributed by atoms with Crippen LogP contribution in [-0.2, 0) is 29.0 Å². The first-order chi connectivity index (χ1) is 18.6. The average molecular weight is 551 g/mol. The number of esters is 1. The summed E-state index contributed by atoms with van der Waals surface area (Å²) < 4.78 is 5.52. The van der Waals surface area contributed by atoms with Gasteiger partial charge in [-0.1, -0.05) is 6.07 Å². The van der Waals surface area contributed by atoms with Gasteiger partial charge in [0.15, 0.2) is 5.96 Å². The second kappa shape index (κ2) is 11.8. The first kappa shape index (κ1) is 27.3. The van der Waals surface area contributed by atoms with E-state index in [1.54, 1.807) is 47.8 Å². The lowest BCUT2D eigenvalue weighted by Gasteiger charge is -2.29. The number of hydrogen-bond acceptors (Lipinski definition) is 7. The molecule has 0 unspecified atom stereocenters. The molecule has 0 bridgehead atoms. The van der Waals surface area contributed by atoms with E-state index in [0.717, 1.165) is 22.5 Å². The highest BCUT2D eigenvalue weighted by Gasteiger charge is 2.30.